The molecule has 0 bridgehead atoms. The van der Waals surface area contributed by atoms with Gasteiger partial charge in [-0.2, -0.15) is 0 Å². The first-order valence-corrected chi connectivity index (χ1v) is 6.40. The molecule has 4 N–H and O–H groups in total. The fraction of sp³-hybridized carbons (Fsp3) is 0.538. The van der Waals surface area contributed by atoms with Crippen molar-refractivity contribution in [1.82, 2.24) is 5.32 Å². The van der Waals surface area contributed by atoms with Crippen LogP contribution in [0.25, 0.3) is 0 Å². The van der Waals surface area contributed by atoms with E-state index in [0.717, 1.165) is 6.42 Å². The molecule has 110 valence electrons. The average molecular weight is 310 g/mol. The summed E-state index contributed by atoms with van der Waals surface area (Å²) in [7, 11) is 0. The van der Waals surface area contributed by atoms with Crippen molar-refractivity contribution in [3.8, 4) is 11.5 Å². The van der Waals surface area contributed by atoms with Crippen molar-refractivity contribution in [3.63, 3.8) is 0 Å². The van der Waals surface area contributed by atoms with E-state index in [1.54, 1.807) is 0 Å². The summed E-state index contributed by atoms with van der Waals surface area (Å²) >= 11 is 5.93. The van der Waals surface area contributed by atoms with E-state index in [1.165, 1.54) is 12.1 Å². The number of aromatic hydroxyl groups is 2. The average Bonchev–Trinajstić information content (AvgIpc) is 2.32. The van der Waals surface area contributed by atoms with Gasteiger partial charge >= 0.3 is 0 Å². The standard InChI is InChI=1S/C13H20ClNO3.ClH/c1-4-9(15-7(2)3)12(17)8-5-6-10(16)13(18)11(8)14;/h5-7,9,12,15-18H,4H2,1-3H3;1H. The van der Waals surface area contributed by atoms with Crippen molar-refractivity contribution in [2.75, 3.05) is 0 Å². The highest BCUT2D eigenvalue weighted by atomic mass is 35.5. The van der Waals surface area contributed by atoms with Crippen molar-refractivity contribution in [2.24, 2.45) is 0 Å². The Morgan fingerprint density at radius 2 is 1.84 bits per heavy atom. The van der Waals surface area contributed by atoms with E-state index in [2.05, 4.69) is 5.32 Å². The van der Waals surface area contributed by atoms with Gasteiger partial charge in [-0.3, -0.25) is 0 Å². The molecule has 0 amide bonds. The summed E-state index contributed by atoms with van der Waals surface area (Å²) in [5.41, 5.74) is 0.409. The number of aliphatic hydroxyl groups excluding tert-OH is 1. The van der Waals surface area contributed by atoms with Gasteiger partial charge in [-0.1, -0.05) is 38.4 Å². The molecule has 2 unspecified atom stereocenters. The number of nitrogens with one attached hydrogen (secondary N) is 1. The summed E-state index contributed by atoms with van der Waals surface area (Å²) in [5.74, 6) is -0.687. The first-order valence-electron chi connectivity index (χ1n) is 6.02. The van der Waals surface area contributed by atoms with Crippen LogP contribution >= 0.6 is 24.0 Å². The number of rotatable bonds is 5. The van der Waals surface area contributed by atoms with Gasteiger partial charge in [-0.25, -0.2) is 0 Å². The lowest BCUT2D eigenvalue weighted by atomic mass is 9.99. The minimum Gasteiger partial charge on any atom is -0.504 e. The fourth-order valence-corrected chi connectivity index (χ4v) is 2.15. The first-order chi connectivity index (χ1) is 8.38. The third kappa shape index (κ3) is 4.42. The van der Waals surface area contributed by atoms with Crippen LogP contribution in [-0.2, 0) is 0 Å². The van der Waals surface area contributed by atoms with Crippen molar-refractivity contribution in [2.45, 2.75) is 45.4 Å². The topological polar surface area (TPSA) is 72.7 Å². The Balaban J connectivity index is 0.00000324. The molecule has 0 radical (unpaired) electrons. The van der Waals surface area contributed by atoms with Crippen LogP contribution < -0.4 is 5.32 Å². The summed E-state index contributed by atoms with van der Waals surface area (Å²) in [6, 6.07) is 2.91. The number of benzene rings is 1. The highest BCUT2D eigenvalue weighted by Gasteiger charge is 2.24. The van der Waals surface area contributed by atoms with Crippen LogP contribution in [0.2, 0.25) is 5.02 Å². The summed E-state index contributed by atoms with van der Waals surface area (Å²) < 4.78 is 0. The summed E-state index contributed by atoms with van der Waals surface area (Å²) in [6.45, 7) is 5.94. The molecule has 0 heterocycles. The van der Waals surface area contributed by atoms with Gasteiger partial charge in [0.05, 0.1) is 11.1 Å². The molecule has 2 atom stereocenters. The summed E-state index contributed by atoms with van der Waals surface area (Å²) in [4.78, 5) is 0. The van der Waals surface area contributed by atoms with Crippen LogP contribution in [0, 0.1) is 0 Å². The lowest BCUT2D eigenvalue weighted by molar-refractivity contribution is 0.121. The lowest BCUT2D eigenvalue weighted by Crippen LogP contribution is -2.38. The molecule has 0 aliphatic rings. The zero-order chi connectivity index (χ0) is 13.9. The molecule has 4 nitrogen and oxygen atoms in total. The maximum Gasteiger partial charge on any atom is 0.176 e. The Hall–Kier alpha value is -0.680. The molecule has 0 spiro atoms. The molecule has 1 aromatic carbocycles. The molecular weight excluding hydrogens is 289 g/mol. The molecule has 0 saturated carbocycles. The monoisotopic (exact) mass is 309 g/mol. The predicted molar refractivity (Wildman–Crippen MR) is 79.3 cm³/mol. The van der Waals surface area contributed by atoms with Crippen molar-refractivity contribution in [3.05, 3.63) is 22.7 Å². The van der Waals surface area contributed by atoms with E-state index in [9.17, 15) is 15.3 Å². The van der Waals surface area contributed by atoms with Gasteiger partial charge in [-0.05, 0) is 12.5 Å². The van der Waals surface area contributed by atoms with E-state index in [-0.39, 0.29) is 35.3 Å². The summed E-state index contributed by atoms with van der Waals surface area (Å²) in [5, 5.41) is 32.4. The molecule has 0 saturated heterocycles. The molecule has 0 aliphatic heterocycles. The van der Waals surface area contributed by atoms with E-state index in [4.69, 9.17) is 11.6 Å². The van der Waals surface area contributed by atoms with E-state index >= 15 is 0 Å². The molecule has 1 rings (SSSR count). The van der Waals surface area contributed by atoms with Crippen molar-refractivity contribution < 1.29 is 15.3 Å². The van der Waals surface area contributed by atoms with Crippen LogP contribution in [0.1, 0.15) is 38.9 Å². The van der Waals surface area contributed by atoms with Gasteiger partial charge in [0.15, 0.2) is 11.5 Å². The number of aliphatic hydroxyl groups is 1. The van der Waals surface area contributed by atoms with Gasteiger partial charge in [0.1, 0.15) is 0 Å². The van der Waals surface area contributed by atoms with Gasteiger partial charge < -0.3 is 20.6 Å². The number of hydrogen-bond acceptors (Lipinski definition) is 4. The second kappa shape index (κ2) is 7.80. The largest absolute Gasteiger partial charge is 0.504 e. The SMILES string of the molecule is CCC(NC(C)C)C(O)c1ccc(O)c(O)c1Cl.Cl. The number of phenols is 2. The fourth-order valence-electron chi connectivity index (χ4n) is 1.88. The Morgan fingerprint density at radius 3 is 2.32 bits per heavy atom. The second-order valence-electron chi connectivity index (χ2n) is 4.62. The van der Waals surface area contributed by atoms with Crippen LogP contribution in [0.3, 0.4) is 0 Å². The lowest BCUT2D eigenvalue weighted by Gasteiger charge is -2.26. The van der Waals surface area contributed by atoms with Gasteiger partial charge in [-0.15, -0.1) is 12.4 Å². The quantitative estimate of drug-likeness (QED) is 0.631. The minimum atomic E-state index is -0.837. The van der Waals surface area contributed by atoms with Crippen molar-refractivity contribution >= 4 is 24.0 Å². The minimum absolute atomic E-state index is 0. The predicted octanol–water partition coefficient (Wildman–Crippen LogP) is 2.98. The molecular formula is C13H21Cl2NO3. The Labute approximate surface area is 124 Å². The molecule has 6 heteroatoms. The maximum atomic E-state index is 10.3. The highest BCUT2D eigenvalue weighted by molar-refractivity contribution is 6.33. The second-order valence-corrected chi connectivity index (χ2v) is 5.00. The smallest absolute Gasteiger partial charge is 0.176 e. The molecule has 0 aliphatic carbocycles. The molecule has 1 aromatic rings. The third-order valence-corrected chi connectivity index (χ3v) is 3.21. The summed E-state index contributed by atoms with van der Waals surface area (Å²) in [6.07, 6.45) is -0.117. The van der Waals surface area contributed by atoms with Crippen LogP contribution in [0.15, 0.2) is 12.1 Å². The third-order valence-electron chi connectivity index (χ3n) is 2.81. The molecule has 19 heavy (non-hydrogen) atoms. The normalized spacial score (nSPS) is 14.0. The number of halogens is 2. The Morgan fingerprint density at radius 1 is 1.26 bits per heavy atom. The van der Waals surface area contributed by atoms with Crippen LogP contribution in [0.4, 0.5) is 0 Å². The molecule has 0 fully saturated rings. The van der Waals surface area contributed by atoms with E-state index in [0.29, 0.717) is 5.56 Å². The zero-order valence-electron chi connectivity index (χ0n) is 11.2. The van der Waals surface area contributed by atoms with Gasteiger partial charge in [0.25, 0.3) is 0 Å². The Bertz CT molecular complexity index is 413. The zero-order valence-corrected chi connectivity index (χ0v) is 12.8. The van der Waals surface area contributed by atoms with Gasteiger partial charge in [0, 0.05) is 17.6 Å². The first kappa shape index (κ1) is 18.3. The maximum absolute atomic E-state index is 10.3. The van der Waals surface area contributed by atoms with Crippen LogP contribution in [-0.4, -0.2) is 27.4 Å². The number of hydrogen-bond donors (Lipinski definition) is 4. The number of phenolic OH excluding ortho intramolecular Hbond substituents is 2. The molecule has 0 aromatic heterocycles. The Kier molecular flexibility index (Phi) is 7.52. The van der Waals surface area contributed by atoms with E-state index in [1.807, 2.05) is 20.8 Å². The van der Waals surface area contributed by atoms with Gasteiger partial charge in [0.2, 0.25) is 0 Å². The van der Waals surface area contributed by atoms with E-state index < -0.39 is 11.9 Å². The highest BCUT2D eigenvalue weighted by Crippen LogP contribution is 2.39. The van der Waals surface area contributed by atoms with Crippen LogP contribution in [0.5, 0.6) is 11.5 Å². The van der Waals surface area contributed by atoms with Crippen molar-refractivity contribution in [1.29, 1.82) is 0 Å².